The van der Waals surface area contributed by atoms with Gasteiger partial charge in [0.2, 0.25) is 0 Å². The van der Waals surface area contributed by atoms with Crippen molar-refractivity contribution in [1.82, 2.24) is 9.38 Å². The van der Waals surface area contributed by atoms with Crippen LogP contribution in [0.5, 0.6) is 11.5 Å². The number of benzene rings is 1. The second-order valence-electron chi connectivity index (χ2n) is 6.57. The molecule has 0 aliphatic rings. The van der Waals surface area contributed by atoms with Crippen molar-refractivity contribution < 1.29 is 14.3 Å². The fourth-order valence-electron chi connectivity index (χ4n) is 3.17. The summed E-state index contributed by atoms with van der Waals surface area (Å²) in [6.45, 7) is 9.00. The monoisotopic (exact) mass is 381 g/mol. The van der Waals surface area contributed by atoms with Gasteiger partial charge in [0, 0.05) is 18.0 Å². The lowest BCUT2D eigenvalue weighted by atomic mass is 10.2. The average molecular weight is 381 g/mol. The van der Waals surface area contributed by atoms with Crippen LogP contribution >= 0.6 is 0 Å². The van der Waals surface area contributed by atoms with Crippen molar-refractivity contribution in [3.63, 3.8) is 0 Å². The van der Waals surface area contributed by atoms with Crippen LogP contribution in [0, 0.1) is 6.92 Å². The Balaban J connectivity index is 1.94. The van der Waals surface area contributed by atoms with Gasteiger partial charge in [0.15, 0.2) is 11.5 Å². The number of carbonyl (C=O) groups excluding carboxylic acids is 1. The summed E-state index contributed by atoms with van der Waals surface area (Å²) in [5, 5.41) is 2.98. The second kappa shape index (κ2) is 8.78. The summed E-state index contributed by atoms with van der Waals surface area (Å²) >= 11 is 0. The van der Waals surface area contributed by atoms with Crippen LogP contribution in [0.15, 0.2) is 36.5 Å². The van der Waals surface area contributed by atoms with Crippen molar-refractivity contribution in [2.75, 3.05) is 18.5 Å². The third kappa shape index (κ3) is 4.11. The zero-order chi connectivity index (χ0) is 20.1. The van der Waals surface area contributed by atoms with Crippen molar-refractivity contribution in [3.8, 4) is 11.5 Å². The number of nitrogens with one attached hydrogen (secondary N) is 1. The van der Waals surface area contributed by atoms with E-state index >= 15 is 0 Å². The van der Waals surface area contributed by atoms with Gasteiger partial charge < -0.3 is 14.8 Å². The minimum absolute atomic E-state index is 0.189. The minimum Gasteiger partial charge on any atom is -0.490 e. The van der Waals surface area contributed by atoms with Gasteiger partial charge in [-0.15, -0.1) is 0 Å². The third-order valence-corrected chi connectivity index (χ3v) is 4.36. The summed E-state index contributed by atoms with van der Waals surface area (Å²) in [5.74, 6) is 1.09. The first kappa shape index (κ1) is 19.7. The number of hydrogen-bond acceptors (Lipinski definition) is 4. The van der Waals surface area contributed by atoms with E-state index in [0.717, 1.165) is 29.7 Å². The molecule has 0 saturated heterocycles. The number of pyridine rings is 1. The number of fused-ring (bicyclic) bond motifs is 1. The maximum absolute atomic E-state index is 13.1. The summed E-state index contributed by atoms with van der Waals surface area (Å²) in [6.07, 6.45) is 3.56. The van der Waals surface area contributed by atoms with Crippen LogP contribution < -0.4 is 14.8 Å². The zero-order valence-electron chi connectivity index (χ0n) is 16.9. The highest BCUT2D eigenvalue weighted by Gasteiger charge is 2.19. The largest absolute Gasteiger partial charge is 0.490 e. The molecule has 1 aromatic carbocycles. The summed E-state index contributed by atoms with van der Waals surface area (Å²) in [6, 6.07) is 9.39. The van der Waals surface area contributed by atoms with E-state index in [0.29, 0.717) is 36.1 Å². The topological polar surface area (TPSA) is 64.9 Å². The van der Waals surface area contributed by atoms with E-state index in [2.05, 4.69) is 17.2 Å². The van der Waals surface area contributed by atoms with Crippen LogP contribution in [-0.2, 0) is 6.42 Å². The quantitative estimate of drug-likeness (QED) is 0.617. The van der Waals surface area contributed by atoms with Crippen LogP contribution in [0.1, 0.15) is 48.9 Å². The number of hydrogen-bond donors (Lipinski definition) is 1. The van der Waals surface area contributed by atoms with Crippen molar-refractivity contribution in [1.29, 1.82) is 0 Å². The Morgan fingerprint density at radius 3 is 2.54 bits per heavy atom. The van der Waals surface area contributed by atoms with Gasteiger partial charge in [-0.1, -0.05) is 13.3 Å². The predicted molar refractivity (Wildman–Crippen MR) is 111 cm³/mol. The Morgan fingerprint density at radius 2 is 1.82 bits per heavy atom. The molecule has 6 nitrogen and oxygen atoms in total. The van der Waals surface area contributed by atoms with Crippen LogP contribution in [0.25, 0.3) is 5.65 Å². The second-order valence-corrected chi connectivity index (χ2v) is 6.57. The van der Waals surface area contributed by atoms with Gasteiger partial charge in [-0.05, 0) is 57.0 Å². The van der Waals surface area contributed by atoms with Crippen LogP contribution in [0.4, 0.5) is 5.69 Å². The number of carbonyl (C=O) groups is 1. The normalized spacial score (nSPS) is 10.9. The number of rotatable bonds is 8. The first-order valence-electron chi connectivity index (χ1n) is 9.75. The number of aryl methyl sites for hydroxylation is 2. The third-order valence-electron chi connectivity index (χ3n) is 4.36. The standard InChI is InChI=1S/C22H27N3O3/c1-5-8-17-21(25-12-11-15(4)13-20(25)24-17)22(26)23-16-9-10-18(27-6-2)19(14-16)28-7-3/h9-14H,5-8H2,1-4H3,(H,23,26). The van der Waals surface area contributed by atoms with Crippen LogP contribution in [0.2, 0.25) is 0 Å². The molecule has 0 saturated carbocycles. The number of imidazole rings is 1. The molecular formula is C22H27N3O3. The van der Waals surface area contributed by atoms with Crippen molar-refractivity contribution in [3.05, 3.63) is 53.5 Å². The van der Waals surface area contributed by atoms with Gasteiger partial charge in [0.25, 0.3) is 5.91 Å². The molecule has 0 aliphatic heterocycles. The lowest BCUT2D eigenvalue weighted by Gasteiger charge is -2.13. The highest BCUT2D eigenvalue weighted by atomic mass is 16.5. The van der Waals surface area contributed by atoms with Crippen LogP contribution in [0.3, 0.4) is 0 Å². The van der Waals surface area contributed by atoms with Crippen molar-refractivity contribution in [2.45, 2.75) is 40.5 Å². The fourth-order valence-corrected chi connectivity index (χ4v) is 3.17. The summed E-state index contributed by atoms with van der Waals surface area (Å²) in [5.41, 5.74) is 3.93. The highest BCUT2D eigenvalue weighted by Crippen LogP contribution is 2.31. The Hall–Kier alpha value is -3.02. The van der Waals surface area contributed by atoms with Crippen LogP contribution in [-0.4, -0.2) is 28.5 Å². The number of nitrogens with zero attached hydrogens (tertiary/aromatic N) is 2. The molecule has 28 heavy (non-hydrogen) atoms. The molecule has 0 bridgehead atoms. The van der Waals surface area contributed by atoms with E-state index < -0.39 is 0 Å². The first-order chi connectivity index (χ1) is 13.6. The Bertz CT molecular complexity index is 979. The number of amides is 1. The molecule has 1 amide bonds. The molecule has 0 fully saturated rings. The molecule has 0 atom stereocenters. The lowest BCUT2D eigenvalue weighted by Crippen LogP contribution is -2.16. The maximum Gasteiger partial charge on any atom is 0.274 e. The minimum atomic E-state index is -0.189. The maximum atomic E-state index is 13.1. The average Bonchev–Trinajstić information content (AvgIpc) is 3.01. The number of ether oxygens (including phenoxy) is 2. The summed E-state index contributed by atoms with van der Waals surface area (Å²) in [4.78, 5) is 17.8. The SMILES string of the molecule is CCCc1nc2cc(C)ccn2c1C(=O)Nc1ccc(OCC)c(OCC)c1. The van der Waals surface area contributed by atoms with Gasteiger partial charge in [0.05, 0.1) is 18.9 Å². The van der Waals surface area contributed by atoms with E-state index in [9.17, 15) is 4.79 Å². The van der Waals surface area contributed by atoms with Crippen molar-refractivity contribution in [2.24, 2.45) is 0 Å². The molecule has 1 N–H and O–H groups in total. The van der Waals surface area contributed by atoms with E-state index in [4.69, 9.17) is 9.47 Å². The first-order valence-corrected chi connectivity index (χ1v) is 9.75. The predicted octanol–water partition coefficient (Wildman–Crippen LogP) is 4.64. The van der Waals surface area contributed by atoms with E-state index in [1.54, 1.807) is 6.07 Å². The fraction of sp³-hybridized carbons (Fsp3) is 0.364. The summed E-state index contributed by atoms with van der Waals surface area (Å²) < 4.78 is 13.1. The molecule has 3 rings (SSSR count). The summed E-state index contributed by atoms with van der Waals surface area (Å²) in [7, 11) is 0. The Morgan fingerprint density at radius 1 is 1.07 bits per heavy atom. The van der Waals surface area contributed by atoms with Gasteiger partial charge in [-0.2, -0.15) is 0 Å². The lowest BCUT2D eigenvalue weighted by molar-refractivity contribution is 0.102. The number of anilines is 1. The van der Waals surface area contributed by atoms with Gasteiger partial charge in [-0.25, -0.2) is 4.98 Å². The van der Waals surface area contributed by atoms with Crippen molar-refractivity contribution >= 4 is 17.2 Å². The van der Waals surface area contributed by atoms with Gasteiger partial charge in [-0.3, -0.25) is 9.20 Å². The smallest absolute Gasteiger partial charge is 0.274 e. The molecule has 0 spiro atoms. The Kier molecular flexibility index (Phi) is 6.19. The molecular weight excluding hydrogens is 354 g/mol. The Labute approximate surface area is 165 Å². The van der Waals surface area contributed by atoms with E-state index in [-0.39, 0.29) is 5.91 Å². The molecule has 0 aliphatic carbocycles. The molecule has 2 aromatic heterocycles. The molecule has 0 radical (unpaired) electrons. The zero-order valence-corrected chi connectivity index (χ0v) is 16.9. The molecule has 0 unspecified atom stereocenters. The highest BCUT2D eigenvalue weighted by molar-refractivity contribution is 6.04. The van der Waals surface area contributed by atoms with Gasteiger partial charge in [0.1, 0.15) is 11.3 Å². The van der Waals surface area contributed by atoms with E-state index in [1.807, 2.05) is 55.6 Å². The molecule has 2 heterocycles. The number of aromatic nitrogens is 2. The van der Waals surface area contributed by atoms with E-state index in [1.165, 1.54) is 0 Å². The van der Waals surface area contributed by atoms with Gasteiger partial charge >= 0.3 is 0 Å². The molecule has 3 aromatic rings. The molecule has 6 heteroatoms. The molecule has 148 valence electrons.